The highest BCUT2D eigenvalue weighted by molar-refractivity contribution is 8.00. The molecule has 0 radical (unpaired) electrons. The fraction of sp³-hybridized carbons (Fsp3) is 0.583. The van der Waals surface area contributed by atoms with Gasteiger partial charge in [0.15, 0.2) is 5.76 Å². The van der Waals surface area contributed by atoms with Crippen LogP contribution < -0.4 is 0 Å². The molecule has 0 N–H and O–H groups in total. The lowest BCUT2D eigenvalue weighted by Crippen LogP contribution is -2.42. The number of thioether (sulfide) groups is 1. The van der Waals surface area contributed by atoms with Crippen LogP contribution >= 0.6 is 11.8 Å². The smallest absolute Gasteiger partial charge is 0.211 e. The predicted octanol–water partition coefficient (Wildman–Crippen LogP) is 2.29. The van der Waals surface area contributed by atoms with Gasteiger partial charge in [0.1, 0.15) is 0 Å². The highest BCUT2D eigenvalue weighted by atomic mass is 32.2. The second-order valence-corrected chi connectivity index (χ2v) is 6.23. The number of carbonyl (C=O) groups is 1. The lowest BCUT2D eigenvalue weighted by Gasteiger charge is -2.33. The van der Waals surface area contributed by atoms with Crippen molar-refractivity contribution < 1.29 is 9.21 Å². The van der Waals surface area contributed by atoms with Gasteiger partial charge in [-0.15, -0.1) is 0 Å². The average molecular weight is 239 g/mol. The van der Waals surface area contributed by atoms with Crippen molar-refractivity contribution in [3.8, 4) is 0 Å². The summed E-state index contributed by atoms with van der Waals surface area (Å²) in [6.07, 6.45) is 1.55. The van der Waals surface area contributed by atoms with E-state index < -0.39 is 0 Å². The quantitative estimate of drug-likeness (QED) is 0.758. The first-order chi connectivity index (χ1) is 7.65. The number of hydrogen-bond acceptors (Lipinski definition) is 4. The summed E-state index contributed by atoms with van der Waals surface area (Å²) in [6, 6.07) is 3.48. The number of carbonyl (C=O) groups excluding carboxylic acids is 1. The number of hydrogen-bond donors (Lipinski definition) is 0. The van der Waals surface area contributed by atoms with E-state index in [0.717, 1.165) is 13.1 Å². The highest BCUT2D eigenvalue weighted by Crippen LogP contribution is 2.24. The van der Waals surface area contributed by atoms with Crippen LogP contribution in [0.15, 0.2) is 22.8 Å². The molecule has 0 aliphatic carbocycles. The Kier molecular flexibility index (Phi) is 3.71. The molecule has 2 heterocycles. The van der Waals surface area contributed by atoms with Gasteiger partial charge in [0.05, 0.1) is 12.8 Å². The van der Waals surface area contributed by atoms with E-state index in [0.29, 0.717) is 22.8 Å². The van der Waals surface area contributed by atoms with Crippen LogP contribution in [0.25, 0.3) is 0 Å². The Labute approximate surface area is 100 Å². The molecule has 0 amide bonds. The second-order valence-electron chi connectivity index (χ2n) is 4.35. The van der Waals surface area contributed by atoms with Crippen LogP contribution in [-0.4, -0.2) is 40.8 Å². The number of ketones is 1. The minimum Gasteiger partial charge on any atom is -0.461 e. The maximum absolute atomic E-state index is 11.8. The Morgan fingerprint density at radius 1 is 1.50 bits per heavy atom. The van der Waals surface area contributed by atoms with E-state index in [1.165, 1.54) is 0 Å². The van der Waals surface area contributed by atoms with Gasteiger partial charge in [-0.3, -0.25) is 9.69 Å². The molecule has 1 saturated heterocycles. The minimum atomic E-state index is 0.0799. The molecule has 3 nitrogen and oxygen atoms in total. The molecule has 0 bridgehead atoms. The summed E-state index contributed by atoms with van der Waals surface area (Å²) in [7, 11) is 0. The number of rotatable bonds is 3. The standard InChI is InChI=1S/C12H17NO2S/c1-9-6-13(7-10(2)16-9)8-11(14)12-4-3-5-15-12/h3-5,9-10H,6-8H2,1-2H3. The zero-order valence-corrected chi connectivity index (χ0v) is 10.5. The molecule has 1 aliphatic rings. The Balaban J connectivity index is 1.92. The van der Waals surface area contributed by atoms with Crippen molar-refractivity contribution >= 4 is 17.5 Å². The zero-order chi connectivity index (χ0) is 11.5. The molecule has 1 aromatic heterocycles. The fourth-order valence-corrected chi connectivity index (χ4v) is 3.52. The predicted molar refractivity (Wildman–Crippen MR) is 66.0 cm³/mol. The van der Waals surface area contributed by atoms with E-state index >= 15 is 0 Å². The Hall–Kier alpha value is -0.740. The van der Waals surface area contributed by atoms with Gasteiger partial charge in [-0.2, -0.15) is 11.8 Å². The van der Waals surface area contributed by atoms with Gasteiger partial charge in [-0.05, 0) is 12.1 Å². The fourth-order valence-electron chi connectivity index (χ4n) is 2.13. The van der Waals surface area contributed by atoms with Gasteiger partial charge in [0.25, 0.3) is 0 Å². The summed E-state index contributed by atoms with van der Waals surface area (Å²) in [5, 5.41) is 1.21. The van der Waals surface area contributed by atoms with Crippen molar-refractivity contribution in [2.45, 2.75) is 24.3 Å². The van der Waals surface area contributed by atoms with E-state index in [4.69, 9.17) is 4.42 Å². The molecule has 2 unspecified atom stereocenters. The Morgan fingerprint density at radius 2 is 2.19 bits per heavy atom. The van der Waals surface area contributed by atoms with E-state index in [1.54, 1.807) is 18.4 Å². The molecule has 1 fully saturated rings. The average Bonchev–Trinajstić information content (AvgIpc) is 2.68. The third kappa shape index (κ3) is 2.89. The lowest BCUT2D eigenvalue weighted by atomic mass is 10.2. The van der Waals surface area contributed by atoms with Crippen molar-refractivity contribution in [1.29, 1.82) is 0 Å². The van der Waals surface area contributed by atoms with Crippen LogP contribution in [0.2, 0.25) is 0 Å². The highest BCUT2D eigenvalue weighted by Gasteiger charge is 2.24. The van der Waals surface area contributed by atoms with Gasteiger partial charge >= 0.3 is 0 Å². The molecule has 2 atom stereocenters. The summed E-state index contributed by atoms with van der Waals surface area (Å²) < 4.78 is 5.11. The van der Waals surface area contributed by atoms with Gasteiger partial charge in [-0.25, -0.2) is 0 Å². The third-order valence-electron chi connectivity index (χ3n) is 2.66. The molecule has 0 aromatic carbocycles. The molecule has 88 valence electrons. The van der Waals surface area contributed by atoms with E-state index in [9.17, 15) is 4.79 Å². The van der Waals surface area contributed by atoms with Gasteiger partial charge in [0, 0.05) is 23.6 Å². The first kappa shape index (κ1) is 11.7. The van der Waals surface area contributed by atoms with E-state index in [1.807, 2.05) is 11.8 Å². The first-order valence-electron chi connectivity index (χ1n) is 5.59. The minimum absolute atomic E-state index is 0.0799. The van der Waals surface area contributed by atoms with Crippen LogP contribution in [0.1, 0.15) is 24.4 Å². The van der Waals surface area contributed by atoms with Crippen LogP contribution in [-0.2, 0) is 0 Å². The van der Waals surface area contributed by atoms with E-state index in [-0.39, 0.29) is 5.78 Å². The topological polar surface area (TPSA) is 33.5 Å². The van der Waals surface area contributed by atoms with Crippen LogP contribution in [0.3, 0.4) is 0 Å². The van der Waals surface area contributed by atoms with Gasteiger partial charge < -0.3 is 4.42 Å². The molecule has 0 spiro atoms. The van der Waals surface area contributed by atoms with Crippen molar-refractivity contribution in [1.82, 2.24) is 4.90 Å². The number of Topliss-reactive ketones (excluding diaryl/α,β-unsaturated/α-hetero) is 1. The summed E-state index contributed by atoms with van der Waals surface area (Å²) in [5.41, 5.74) is 0. The Bertz CT molecular complexity index is 340. The summed E-state index contributed by atoms with van der Waals surface area (Å²) in [4.78, 5) is 14.1. The molecule has 1 aromatic rings. The molecule has 16 heavy (non-hydrogen) atoms. The summed E-state index contributed by atoms with van der Waals surface area (Å²) in [5.74, 6) is 0.551. The zero-order valence-electron chi connectivity index (χ0n) is 9.68. The molecule has 2 rings (SSSR count). The Morgan fingerprint density at radius 3 is 2.75 bits per heavy atom. The van der Waals surface area contributed by atoms with Crippen molar-refractivity contribution in [3.05, 3.63) is 24.2 Å². The monoisotopic (exact) mass is 239 g/mol. The summed E-state index contributed by atoms with van der Waals surface area (Å²) in [6.45, 7) is 6.88. The van der Waals surface area contributed by atoms with Crippen molar-refractivity contribution in [3.63, 3.8) is 0 Å². The van der Waals surface area contributed by atoms with E-state index in [2.05, 4.69) is 18.7 Å². The van der Waals surface area contributed by atoms with Crippen LogP contribution in [0, 0.1) is 0 Å². The lowest BCUT2D eigenvalue weighted by molar-refractivity contribution is 0.0902. The van der Waals surface area contributed by atoms with Gasteiger partial charge in [-0.1, -0.05) is 13.8 Å². The largest absolute Gasteiger partial charge is 0.461 e. The normalized spacial score (nSPS) is 26.9. The molecule has 4 heteroatoms. The van der Waals surface area contributed by atoms with Crippen LogP contribution in [0.5, 0.6) is 0 Å². The maximum Gasteiger partial charge on any atom is 0.211 e. The maximum atomic E-state index is 11.8. The third-order valence-corrected chi connectivity index (χ3v) is 3.89. The molecular formula is C12H17NO2S. The van der Waals surface area contributed by atoms with Gasteiger partial charge in [0.2, 0.25) is 5.78 Å². The number of nitrogens with zero attached hydrogens (tertiary/aromatic N) is 1. The number of furan rings is 1. The first-order valence-corrected chi connectivity index (χ1v) is 6.54. The molecule has 1 aliphatic heterocycles. The van der Waals surface area contributed by atoms with Crippen molar-refractivity contribution in [2.75, 3.05) is 19.6 Å². The molecule has 0 saturated carbocycles. The summed E-state index contributed by atoms with van der Waals surface area (Å²) >= 11 is 1.99. The molecular weight excluding hydrogens is 222 g/mol. The van der Waals surface area contributed by atoms with Crippen LogP contribution in [0.4, 0.5) is 0 Å². The van der Waals surface area contributed by atoms with Crippen molar-refractivity contribution in [2.24, 2.45) is 0 Å². The SMILES string of the molecule is CC1CN(CC(=O)c2ccco2)CC(C)S1. The second kappa shape index (κ2) is 5.06.